The standard InChI is InChI=1S/C16H13F5O2/c17-12-4-1-5-13(9-12)22-8-2-3-11-6-7-14(10-15(11)18)23-16(19,20)21/h1,4-7,9-10H,2-3,8H2. The van der Waals surface area contributed by atoms with Gasteiger partial charge in [0.15, 0.2) is 0 Å². The lowest BCUT2D eigenvalue weighted by Crippen LogP contribution is -2.17. The first-order valence-electron chi connectivity index (χ1n) is 6.76. The Morgan fingerprint density at radius 2 is 1.70 bits per heavy atom. The maximum absolute atomic E-state index is 13.7. The molecule has 2 aromatic rings. The van der Waals surface area contributed by atoms with E-state index in [1.807, 2.05) is 0 Å². The molecule has 0 heterocycles. The zero-order valence-corrected chi connectivity index (χ0v) is 11.9. The van der Waals surface area contributed by atoms with Gasteiger partial charge in [-0.25, -0.2) is 8.78 Å². The van der Waals surface area contributed by atoms with Crippen LogP contribution in [0, 0.1) is 11.6 Å². The fourth-order valence-corrected chi connectivity index (χ4v) is 1.94. The van der Waals surface area contributed by atoms with Crippen molar-refractivity contribution in [1.82, 2.24) is 0 Å². The molecule has 0 aromatic heterocycles. The van der Waals surface area contributed by atoms with Gasteiger partial charge in [0.2, 0.25) is 0 Å². The molecule has 124 valence electrons. The highest BCUT2D eigenvalue weighted by molar-refractivity contribution is 5.29. The molecule has 0 aliphatic carbocycles. The molecule has 2 rings (SSSR count). The third kappa shape index (κ3) is 5.77. The molecular formula is C16H13F5O2. The number of benzene rings is 2. The van der Waals surface area contributed by atoms with Crippen molar-refractivity contribution in [2.75, 3.05) is 6.61 Å². The van der Waals surface area contributed by atoms with Gasteiger partial charge >= 0.3 is 6.36 Å². The van der Waals surface area contributed by atoms with Crippen LogP contribution in [0.5, 0.6) is 11.5 Å². The monoisotopic (exact) mass is 332 g/mol. The lowest BCUT2D eigenvalue weighted by atomic mass is 10.1. The van der Waals surface area contributed by atoms with Gasteiger partial charge < -0.3 is 9.47 Å². The largest absolute Gasteiger partial charge is 0.573 e. The van der Waals surface area contributed by atoms with Crippen LogP contribution in [0.15, 0.2) is 42.5 Å². The SMILES string of the molecule is Fc1cccc(OCCCc2ccc(OC(F)(F)F)cc2F)c1. The van der Waals surface area contributed by atoms with Gasteiger partial charge in [-0.1, -0.05) is 12.1 Å². The van der Waals surface area contributed by atoms with E-state index in [0.29, 0.717) is 18.2 Å². The third-order valence-corrected chi connectivity index (χ3v) is 2.91. The summed E-state index contributed by atoms with van der Waals surface area (Å²) in [5, 5.41) is 0. The molecule has 0 saturated heterocycles. The van der Waals surface area contributed by atoms with Gasteiger partial charge in [0, 0.05) is 12.1 Å². The topological polar surface area (TPSA) is 18.5 Å². The van der Waals surface area contributed by atoms with E-state index in [1.165, 1.54) is 24.3 Å². The summed E-state index contributed by atoms with van der Waals surface area (Å²) in [5.74, 6) is -1.44. The first-order chi connectivity index (χ1) is 10.8. The average Bonchev–Trinajstić information content (AvgIpc) is 2.44. The minimum atomic E-state index is -4.85. The van der Waals surface area contributed by atoms with E-state index in [1.54, 1.807) is 6.07 Å². The smallest absolute Gasteiger partial charge is 0.493 e. The Hall–Kier alpha value is -2.31. The van der Waals surface area contributed by atoms with Crippen LogP contribution < -0.4 is 9.47 Å². The van der Waals surface area contributed by atoms with Crippen LogP contribution in [0.1, 0.15) is 12.0 Å². The predicted molar refractivity (Wildman–Crippen MR) is 73.3 cm³/mol. The molecule has 0 N–H and O–H groups in total. The second-order valence-electron chi connectivity index (χ2n) is 4.71. The number of hydrogen-bond donors (Lipinski definition) is 0. The lowest BCUT2D eigenvalue weighted by molar-refractivity contribution is -0.274. The van der Waals surface area contributed by atoms with Crippen molar-refractivity contribution >= 4 is 0 Å². The van der Waals surface area contributed by atoms with Crippen LogP contribution in [0.3, 0.4) is 0 Å². The summed E-state index contributed by atoms with van der Waals surface area (Å²) in [6.45, 7) is 0.226. The molecule has 0 aliphatic heterocycles. The molecule has 7 heteroatoms. The Morgan fingerprint density at radius 1 is 0.913 bits per heavy atom. The molecule has 0 saturated carbocycles. The van der Waals surface area contributed by atoms with E-state index >= 15 is 0 Å². The van der Waals surface area contributed by atoms with Crippen molar-refractivity contribution in [1.29, 1.82) is 0 Å². The van der Waals surface area contributed by atoms with E-state index in [9.17, 15) is 22.0 Å². The number of ether oxygens (including phenoxy) is 2. The molecule has 0 fully saturated rings. The number of alkyl halides is 3. The quantitative estimate of drug-likeness (QED) is 0.555. The molecular weight excluding hydrogens is 319 g/mol. The van der Waals surface area contributed by atoms with Gasteiger partial charge in [-0.05, 0) is 36.6 Å². The van der Waals surface area contributed by atoms with Crippen molar-refractivity contribution < 1.29 is 31.4 Å². The lowest BCUT2D eigenvalue weighted by Gasteiger charge is -2.10. The molecule has 2 aromatic carbocycles. The van der Waals surface area contributed by atoms with Crippen molar-refractivity contribution in [2.24, 2.45) is 0 Å². The Balaban J connectivity index is 1.84. The van der Waals surface area contributed by atoms with Gasteiger partial charge in [0.05, 0.1) is 6.61 Å². The normalized spacial score (nSPS) is 11.3. The molecule has 2 nitrogen and oxygen atoms in total. The summed E-state index contributed by atoms with van der Waals surface area (Å²) in [5.41, 5.74) is 0.252. The highest BCUT2D eigenvalue weighted by Gasteiger charge is 2.31. The van der Waals surface area contributed by atoms with Crippen molar-refractivity contribution in [2.45, 2.75) is 19.2 Å². The fraction of sp³-hybridized carbons (Fsp3) is 0.250. The van der Waals surface area contributed by atoms with Gasteiger partial charge in [-0.3, -0.25) is 0 Å². The number of hydrogen-bond acceptors (Lipinski definition) is 2. The van der Waals surface area contributed by atoms with Gasteiger partial charge in [0.25, 0.3) is 0 Å². The van der Waals surface area contributed by atoms with Gasteiger partial charge in [0.1, 0.15) is 23.1 Å². The third-order valence-electron chi connectivity index (χ3n) is 2.91. The van der Waals surface area contributed by atoms with E-state index in [2.05, 4.69) is 4.74 Å². The second-order valence-corrected chi connectivity index (χ2v) is 4.71. The summed E-state index contributed by atoms with van der Waals surface area (Å²) >= 11 is 0. The van der Waals surface area contributed by atoms with E-state index in [-0.39, 0.29) is 18.6 Å². The number of rotatable bonds is 6. The van der Waals surface area contributed by atoms with Crippen LogP contribution in [0.2, 0.25) is 0 Å². The van der Waals surface area contributed by atoms with E-state index in [0.717, 1.165) is 6.07 Å². The minimum Gasteiger partial charge on any atom is -0.493 e. The number of aryl methyl sites for hydroxylation is 1. The fourth-order valence-electron chi connectivity index (χ4n) is 1.94. The zero-order valence-electron chi connectivity index (χ0n) is 11.9. The van der Waals surface area contributed by atoms with Crippen molar-refractivity contribution in [3.8, 4) is 11.5 Å². The average molecular weight is 332 g/mol. The van der Waals surface area contributed by atoms with Crippen LogP contribution in [0.25, 0.3) is 0 Å². The second kappa shape index (κ2) is 7.30. The molecule has 0 bridgehead atoms. The van der Waals surface area contributed by atoms with Gasteiger partial charge in [-0.15, -0.1) is 13.2 Å². The summed E-state index contributed by atoms with van der Waals surface area (Å²) in [7, 11) is 0. The summed E-state index contributed by atoms with van der Waals surface area (Å²) in [4.78, 5) is 0. The minimum absolute atomic E-state index is 0.226. The van der Waals surface area contributed by atoms with E-state index in [4.69, 9.17) is 4.74 Å². The predicted octanol–water partition coefficient (Wildman–Crippen LogP) is 4.88. The molecule has 0 aliphatic rings. The number of halogens is 5. The zero-order chi connectivity index (χ0) is 16.9. The Labute approximate surface area is 129 Å². The molecule has 0 atom stereocenters. The molecule has 0 unspecified atom stereocenters. The molecule has 23 heavy (non-hydrogen) atoms. The van der Waals surface area contributed by atoms with Gasteiger partial charge in [-0.2, -0.15) is 0 Å². The molecule has 0 amide bonds. The Morgan fingerprint density at radius 3 is 2.35 bits per heavy atom. The van der Waals surface area contributed by atoms with Crippen LogP contribution in [-0.2, 0) is 6.42 Å². The highest BCUT2D eigenvalue weighted by atomic mass is 19.4. The van der Waals surface area contributed by atoms with Crippen LogP contribution in [0.4, 0.5) is 22.0 Å². The maximum Gasteiger partial charge on any atom is 0.573 e. The van der Waals surface area contributed by atoms with E-state index < -0.39 is 23.7 Å². The summed E-state index contributed by atoms with van der Waals surface area (Å²) in [6, 6.07) is 8.58. The first kappa shape index (κ1) is 17.1. The molecule has 0 radical (unpaired) electrons. The summed E-state index contributed by atoms with van der Waals surface area (Å²) in [6.07, 6.45) is -4.16. The Bertz CT molecular complexity index is 655. The van der Waals surface area contributed by atoms with Crippen LogP contribution >= 0.6 is 0 Å². The van der Waals surface area contributed by atoms with Crippen molar-refractivity contribution in [3.63, 3.8) is 0 Å². The maximum atomic E-state index is 13.7. The highest BCUT2D eigenvalue weighted by Crippen LogP contribution is 2.25. The van der Waals surface area contributed by atoms with Crippen LogP contribution in [-0.4, -0.2) is 13.0 Å². The van der Waals surface area contributed by atoms with Crippen molar-refractivity contribution in [3.05, 3.63) is 59.7 Å². The molecule has 0 spiro atoms. The first-order valence-corrected chi connectivity index (χ1v) is 6.76. The summed E-state index contributed by atoms with van der Waals surface area (Å²) < 4.78 is 71.6. The Kier molecular flexibility index (Phi) is 5.41.